The van der Waals surface area contributed by atoms with E-state index >= 15 is 0 Å². The Labute approximate surface area is 77.1 Å². The molecule has 1 aromatic rings. The van der Waals surface area contributed by atoms with Crippen LogP contribution in [0.15, 0.2) is 34.3 Å². The number of benzene rings is 1. The highest BCUT2D eigenvalue weighted by molar-refractivity contribution is 6.01. The minimum atomic E-state index is 0.587. The maximum absolute atomic E-state index is 8.57. The molecule has 0 spiro atoms. The van der Waals surface area contributed by atoms with Crippen LogP contribution in [-0.2, 0) is 0 Å². The van der Waals surface area contributed by atoms with E-state index in [1.807, 2.05) is 6.07 Å². The van der Waals surface area contributed by atoms with Crippen molar-refractivity contribution in [2.24, 2.45) is 9.98 Å². The Bertz CT molecular complexity index is 368. The molecule has 0 saturated carbocycles. The van der Waals surface area contributed by atoms with Gasteiger partial charge in [-0.05, 0) is 31.0 Å². The third-order valence-corrected chi connectivity index (χ3v) is 1.63. The second-order valence-electron chi connectivity index (χ2n) is 2.39. The zero-order valence-corrected chi connectivity index (χ0v) is 7.36. The van der Waals surface area contributed by atoms with Crippen LogP contribution in [0.2, 0.25) is 0 Å². The highest BCUT2D eigenvalue weighted by atomic mass is 14.9. The monoisotopic (exact) mass is 171 g/mol. The lowest BCUT2D eigenvalue weighted by Crippen LogP contribution is -1.95. The predicted molar refractivity (Wildman–Crippen MR) is 53.2 cm³/mol. The molecular weight excluding hydrogens is 162 g/mol. The van der Waals surface area contributed by atoms with Gasteiger partial charge in [-0.3, -0.25) is 4.99 Å². The van der Waals surface area contributed by atoms with Crippen LogP contribution in [0.4, 0.5) is 0 Å². The molecule has 0 radical (unpaired) electrons. The molecular formula is C10H9N3. The van der Waals surface area contributed by atoms with Crippen molar-refractivity contribution in [1.82, 2.24) is 0 Å². The average Bonchev–Trinajstić information content (AvgIpc) is 2.21. The molecule has 0 atom stereocenters. The predicted octanol–water partition coefficient (Wildman–Crippen LogP) is 1.64. The van der Waals surface area contributed by atoms with E-state index in [4.69, 9.17) is 5.26 Å². The van der Waals surface area contributed by atoms with Crippen molar-refractivity contribution in [3.05, 3.63) is 35.4 Å². The molecule has 0 aliphatic heterocycles. The molecule has 3 heteroatoms. The molecule has 13 heavy (non-hydrogen) atoms. The van der Waals surface area contributed by atoms with Gasteiger partial charge < -0.3 is 0 Å². The number of nitriles is 1. The Kier molecular flexibility index (Phi) is 2.93. The van der Waals surface area contributed by atoms with Gasteiger partial charge in [-0.2, -0.15) is 5.26 Å². The van der Waals surface area contributed by atoms with E-state index in [2.05, 4.69) is 16.7 Å². The van der Waals surface area contributed by atoms with Crippen LogP contribution < -0.4 is 0 Å². The molecule has 0 heterocycles. The first-order chi connectivity index (χ1) is 6.31. The Morgan fingerprint density at radius 1 is 1.38 bits per heavy atom. The summed E-state index contributed by atoms with van der Waals surface area (Å²) >= 11 is 0. The zero-order chi connectivity index (χ0) is 9.68. The Morgan fingerprint density at radius 2 is 2.00 bits per heavy atom. The molecule has 3 nitrogen and oxygen atoms in total. The topological polar surface area (TPSA) is 48.5 Å². The minimum absolute atomic E-state index is 0.587. The molecule has 64 valence electrons. The van der Waals surface area contributed by atoms with E-state index in [0.29, 0.717) is 11.4 Å². The van der Waals surface area contributed by atoms with Crippen molar-refractivity contribution in [1.29, 1.82) is 5.26 Å². The first kappa shape index (κ1) is 9.14. The Morgan fingerprint density at radius 3 is 2.38 bits per heavy atom. The van der Waals surface area contributed by atoms with Crippen molar-refractivity contribution in [2.75, 3.05) is 7.05 Å². The van der Waals surface area contributed by atoms with Crippen LogP contribution in [0.3, 0.4) is 0 Å². The zero-order valence-electron chi connectivity index (χ0n) is 7.36. The third kappa shape index (κ3) is 2.00. The van der Waals surface area contributed by atoms with Gasteiger partial charge in [0.25, 0.3) is 0 Å². The average molecular weight is 171 g/mol. The summed E-state index contributed by atoms with van der Waals surface area (Å²) in [6, 6.07) is 9.10. The summed E-state index contributed by atoms with van der Waals surface area (Å²) in [5, 5.41) is 8.57. The van der Waals surface area contributed by atoms with Gasteiger partial charge in [0.2, 0.25) is 0 Å². The van der Waals surface area contributed by atoms with Gasteiger partial charge >= 0.3 is 0 Å². The van der Waals surface area contributed by atoms with Crippen molar-refractivity contribution >= 4 is 12.6 Å². The fourth-order valence-electron chi connectivity index (χ4n) is 0.985. The smallest absolute Gasteiger partial charge is 0.153 e. The highest BCUT2D eigenvalue weighted by Crippen LogP contribution is 2.05. The maximum Gasteiger partial charge on any atom is 0.153 e. The summed E-state index contributed by atoms with van der Waals surface area (Å²) in [6.45, 7) is 3.41. The molecule has 0 aliphatic carbocycles. The van der Waals surface area contributed by atoms with E-state index in [9.17, 15) is 0 Å². The van der Waals surface area contributed by atoms with Gasteiger partial charge in [0, 0.05) is 12.6 Å². The van der Waals surface area contributed by atoms with Gasteiger partial charge in [-0.25, -0.2) is 4.99 Å². The maximum atomic E-state index is 8.57. The summed E-state index contributed by atoms with van der Waals surface area (Å²) in [5.74, 6) is 0.587. The van der Waals surface area contributed by atoms with Crippen molar-refractivity contribution < 1.29 is 0 Å². The first-order valence-electron chi connectivity index (χ1n) is 3.76. The van der Waals surface area contributed by atoms with Gasteiger partial charge in [0.1, 0.15) is 0 Å². The molecule has 0 bridgehead atoms. The van der Waals surface area contributed by atoms with Crippen LogP contribution >= 0.6 is 0 Å². The van der Waals surface area contributed by atoms with E-state index in [0.717, 1.165) is 5.56 Å². The molecule has 0 aromatic heterocycles. The molecule has 1 aromatic carbocycles. The quantitative estimate of drug-likeness (QED) is 0.468. The highest BCUT2D eigenvalue weighted by Gasteiger charge is 1.98. The number of nitrogens with zero attached hydrogens (tertiary/aromatic N) is 3. The SMILES string of the molecule is C=N/C(=N\C)c1ccc(C#N)cc1. The van der Waals surface area contributed by atoms with E-state index in [1.54, 1.807) is 31.3 Å². The number of aliphatic imine (C=N–C) groups is 2. The number of amidine groups is 1. The first-order valence-corrected chi connectivity index (χ1v) is 3.76. The second kappa shape index (κ2) is 4.17. The summed E-state index contributed by atoms with van der Waals surface area (Å²) in [7, 11) is 1.65. The summed E-state index contributed by atoms with van der Waals surface area (Å²) in [6.07, 6.45) is 0. The van der Waals surface area contributed by atoms with Crippen molar-refractivity contribution in [3.8, 4) is 6.07 Å². The summed E-state index contributed by atoms with van der Waals surface area (Å²) < 4.78 is 0. The van der Waals surface area contributed by atoms with Crippen LogP contribution in [0.5, 0.6) is 0 Å². The molecule has 1 rings (SSSR count). The standard InChI is InChI=1S/C10H9N3/c1-12-10(13-2)9-5-3-8(7-11)4-6-9/h3-6H,1H2,2H3/b13-10-. The molecule has 0 unspecified atom stereocenters. The number of rotatable bonds is 1. The molecule has 0 fully saturated rings. The third-order valence-electron chi connectivity index (χ3n) is 1.63. The molecule has 0 saturated heterocycles. The fraction of sp³-hybridized carbons (Fsp3) is 0.100. The van der Waals surface area contributed by atoms with E-state index in [-0.39, 0.29) is 0 Å². The van der Waals surface area contributed by atoms with Crippen molar-refractivity contribution in [3.63, 3.8) is 0 Å². The van der Waals surface area contributed by atoms with Crippen LogP contribution in [-0.4, -0.2) is 19.6 Å². The minimum Gasteiger partial charge on any atom is -0.270 e. The molecule has 0 amide bonds. The van der Waals surface area contributed by atoms with Crippen LogP contribution in [0.25, 0.3) is 0 Å². The lowest BCUT2D eigenvalue weighted by Gasteiger charge is -1.98. The number of hydrogen-bond donors (Lipinski definition) is 0. The van der Waals surface area contributed by atoms with E-state index in [1.165, 1.54) is 0 Å². The van der Waals surface area contributed by atoms with E-state index < -0.39 is 0 Å². The van der Waals surface area contributed by atoms with Gasteiger partial charge in [-0.1, -0.05) is 0 Å². The van der Waals surface area contributed by atoms with Gasteiger partial charge in [0.05, 0.1) is 11.6 Å². The Balaban J connectivity index is 3.06. The molecule has 0 aliphatic rings. The summed E-state index contributed by atoms with van der Waals surface area (Å²) in [4.78, 5) is 7.69. The van der Waals surface area contributed by atoms with Crippen LogP contribution in [0.1, 0.15) is 11.1 Å². The lowest BCUT2D eigenvalue weighted by atomic mass is 10.1. The van der Waals surface area contributed by atoms with Crippen LogP contribution in [0, 0.1) is 11.3 Å². The largest absolute Gasteiger partial charge is 0.270 e. The van der Waals surface area contributed by atoms with Crippen molar-refractivity contribution in [2.45, 2.75) is 0 Å². The van der Waals surface area contributed by atoms with Gasteiger partial charge in [0.15, 0.2) is 5.84 Å². The fourth-order valence-corrected chi connectivity index (χ4v) is 0.985. The Hall–Kier alpha value is -1.95. The molecule has 0 N–H and O–H groups in total. The van der Waals surface area contributed by atoms with Gasteiger partial charge in [-0.15, -0.1) is 0 Å². The number of hydrogen-bond acceptors (Lipinski definition) is 2. The normalized spacial score (nSPS) is 10.6. The lowest BCUT2D eigenvalue weighted by molar-refractivity contribution is 1.39. The second-order valence-corrected chi connectivity index (χ2v) is 2.39. The summed E-state index contributed by atoms with van der Waals surface area (Å²) in [5.41, 5.74) is 1.50.